The molecule has 5 nitrogen and oxygen atoms in total. The summed E-state index contributed by atoms with van der Waals surface area (Å²) in [5.74, 6) is -0.657. The Morgan fingerprint density at radius 1 is 1.17 bits per heavy atom. The van der Waals surface area contributed by atoms with Crippen molar-refractivity contribution < 1.29 is 27.4 Å². The molecule has 0 bridgehead atoms. The molecule has 0 spiro atoms. The lowest BCUT2D eigenvalue weighted by molar-refractivity contribution is 0.182. The first-order valence-electron chi connectivity index (χ1n) is 6.71. The minimum atomic E-state index is -3.93. The number of hydrogen-bond acceptors (Lipinski definition) is 5. The summed E-state index contributed by atoms with van der Waals surface area (Å²) < 4.78 is 49.4. The molecule has 0 atom stereocenters. The summed E-state index contributed by atoms with van der Waals surface area (Å²) in [4.78, 5) is -0.0623. The van der Waals surface area contributed by atoms with E-state index in [1.54, 1.807) is 0 Å². The number of aromatic hydroxyl groups is 1. The van der Waals surface area contributed by atoms with Crippen LogP contribution in [0.3, 0.4) is 0 Å². The third-order valence-corrected chi connectivity index (χ3v) is 5.34. The molecule has 124 valence electrons. The van der Waals surface area contributed by atoms with Crippen LogP contribution in [-0.2, 0) is 21.2 Å². The second kappa shape index (κ2) is 6.55. The topological polar surface area (TPSA) is 72.8 Å². The van der Waals surface area contributed by atoms with Crippen molar-refractivity contribution in [3.63, 3.8) is 0 Å². The van der Waals surface area contributed by atoms with Gasteiger partial charge in [0, 0.05) is 13.2 Å². The summed E-state index contributed by atoms with van der Waals surface area (Å²) in [6.45, 7) is 1.48. The van der Waals surface area contributed by atoms with Gasteiger partial charge in [0.1, 0.15) is 5.82 Å². The van der Waals surface area contributed by atoms with Gasteiger partial charge in [0.2, 0.25) is 9.84 Å². The zero-order valence-corrected chi connectivity index (χ0v) is 13.8. The van der Waals surface area contributed by atoms with Crippen LogP contribution in [0, 0.1) is 12.7 Å². The van der Waals surface area contributed by atoms with Gasteiger partial charge in [-0.25, -0.2) is 12.8 Å². The highest BCUT2D eigenvalue weighted by atomic mass is 32.2. The van der Waals surface area contributed by atoms with Crippen LogP contribution in [0.4, 0.5) is 4.39 Å². The molecule has 23 heavy (non-hydrogen) atoms. The van der Waals surface area contributed by atoms with Gasteiger partial charge in [-0.2, -0.15) is 0 Å². The molecule has 0 aliphatic heterocycles. The van der Waals surface area contributed by atoms with Crippen molar-refractivity contribution in [2.75, 3.05) is 14.2 Å². The Morgan fingerprint density at radius 3 is 2.48 bits per heavy atom. The van der Waals surface area contributed by atoms with Crippen LogP contribution in [0.1, 0.15) is 11.1 Å². The van der Waals surface area contributed by atoms with Crippen LogP contribution >= 0.6 is 0 Å². The smallest absolute Gasteiger partial charge is 0.207 e. The molecule has 0 amide bonds. The van der Waals surface area contributed by atoms with Crippen molar-refractivity contribution in [3.05, 3.63) is 47.3 Å². The van der Waals surface area contributed by atoms with Gasteiger partial charge in [-0.15, -0.1) is 0 Å². The van der Waals surface area contributed by atoms with Gasteiger partial charge in [-0.05, 0) is 42.3 Å². The van der Waals surface area contributed by atoms with Crippen LogP contribution in [0.2, 0.25) is 0 Å². The van der Waals surface area contributed by atoms with Gasteiger partial charge in [0.25, 0.3) is 0 Å². The van der Waals surface area contributed by atoms with E-state index in [0.717, 1.165) is 12.1 Å². The summed E-state index contributed by atoms with van der Waals surface area (Å²) in [5, 5.41) is 9.61. The van der Waals surface area contributed by atoms with Crippen molar-refractivity contribution in [2.45, 2.75) is 23.3 Å². The van der Waals surface area contributed by atoms with Crippen molar-refractivity contribution in [2.24, 2.45) is 0 Å². The van der Waals surface area contributed by atoms with Crippen molar-refractivity contribution in [1.82, 2.24) is 0 Å². The maximum atomic E-state index is 13.6. The number of phenolic OH excluding ortho intramolecular Hbond substituents is 1. The molecule has 0 saturated carbocycles. The van der Waals surface area contributed by atoms with Gasteiger partial charge < -0.3 is 14.6 Å². The van der Waals surface area contributed by atoms with Crippen LogP contribution in [0.25, 0.3) is 0 Å². The van der Waals surface area contributed by atoms with E-state index in [9.17, 15) is 17.9 Å². The van der Waals surface area contributed by atoms with Crippen LogP contribution < -0.4 is 4.74 Å². The molecule has 0 unspecified atom stereocenters. The van der Waals surface area contributed by atoms with E-state index < -0.39 is 15.7 Å². The Hall–Kier alpha value is -2.12. The molecular weight excluding hydrogens is 323 g/mol. The highest BCUT2D eigenvalue weighted by Gasteiger charge is 2.25. The fourth-order valence-electron chi connectivity index (χ4n) is 2.39. The predicted octanol–water partition coefficient (Wildman–Crippen LogP) is 2.83. The first-order valence-corrected chi connectivity index (χ1v) is 8.19. The molecule has 2 rings (SSSR count). The molecule has 1 N–H and O–H groups in total. The Morgan fingerprint density at radius 2 is 1.87 bits per heavy atom. The van der Waals surface area contributed by atoms with Crippen LogP contribution in [0.15, 0.2) is 40.1 Å². The minimum Gasteiger partial charge on any atom is -0.504 e. The zero-order chi connectivity index (χ0) is 17.2. The quantitative estimate of drug-likeness (QED) is 0.848. The SMILES string of the molecule is COCc1cc(F)cc(C)c1S(=O)(=O)c1ccc(O)c(OC)c1. The van der Waals surface area contributed by atoms with E-state index in [1.165, 1.54) is 39.3 Å². The predicted molar refractivity (Wildman–Crippen MR) is 82.0 cm³/mol. The summed E-state index contributed by atoms with van der Waals surface area (Å²) in [6.07, 6.45) is 0. The van der Waals surface area contributed by atoms with Crippen molar-refractivity contribution in [3.8, 4) is 11.5 Å². The zero-order valence-electron chi connectivity index (χ0n) is 13.0. The van der Waals surface area contributed by atoms with Gasteiger partial charge in [0.15, 0.2) is 11.5 Å². The maximum Gasteiger partial charge on any atom is 0.207 e. The van der Waals surface area contributed by atoms with Crippen LogP contribution in [0.5, 0.6) is 11.5 Å². The lowest BCUT2D eigenvalue weighted by Gasteiger charge is -2.14. The van der Waals surface area contributed by atoms with E-state index in [0.29, 0.717) is 0 Å². The molecule has 0 aromatic heterocycles. The van der Waals surface area contributed by atoms with E-state index in [1.807, 2.05) is 0 Å². The fourth-order valence-corrected chi connectivity index (χ4v) is 4.08. The van der Waals surface area contributed by atoms with E-state index in [2.05, 4.69) is 0 Å². The highest BCUT2D eigenvalue weighted by Crippen LogP contribution is 2.33. The maximum absolute atomic E-state index is 13.6. The van der Waals surface area contributed by atoms with E-state index in [4.69, 9.17) is 9.47 Å². The lowest BCUT2D eigenvalue weighted by Crippen LogP contribution is -2.09. The minimum absolute atomic E-state index is 0.00603. The fraction of sp³-hybridized carbons (Fsp3) is 0.250. The molecule has 2 aromatic rings. The Balaban J connectivity index is 2.69. The Labute approximate surface area is 134 Å². The molecular formula is C16H17FO5S. The number of ether oxygens (including phenoxy) is 2. The lowest BCUT2D eigenvalue weighted by atomic mass is 10.1. The van der Waals surface area contributed by atoms with Crippen molar-refractivity contribution >= 4 is 9.84 Å². The molecule has 0 aliphatic carbocycles. The summed E-state index contributed by atoms with van der Waals surface area (Å²) in [5.41, 5.74) is 0.515. The number of benzene rings is 2. The number of methoxy groups -OCH3 is 2. The normalized spacial score (nSPS) is 11.5. The molecule has 2 aromatic carbocycles. The van der Waals surface area contributed by atoms with Gasteiger partial charge in [0.05, 0.1) is 23.5 Å². The van der Waals surface area contributed by atoms with E-state index in [-0.39, 0.29) is 39.0 Å². The second-order valence-corrected chi connectivity index (χ2v) is 6.87. The highest BCUT2D eigenvalue weighted by molar-refractivity contribution is 7.91. The van der Waals surface area contributed by atoms with Crippen molar-refractivity contribution in [1.29, 1.82) is 0 Å². The molecule has 0 radical (unpaired) electrons. The average molecular weight is 340 g/mol. The monoisotopic (exact) mass is 340 g/mol. The number of aryl methyl sites for hydroxylation is 1. The largest absolute Gasteiger partial charge is 0.504 e. The molecule has 0 aliphatic rings. The summed E-state index contributed by atoms with van der Waals surface area (Å²) in [7, 11) is -1.20. The first kappa shape index (κ1) is 17.2. The number of phenols is 1. The summed E-state index contributed by atoms with van der Waals surface area (Å²) in [6, 6.07) is 6.03. The van der Waals surface area contributed by atoms with Gasteiger partial charge >= 0.3 is 0 Å². The standard InChI is InChI=1S/C16H17FO5S/c1-10-6-12(17)7-11(9-21-2)16(10)23(19,20)13-4-5-14(18)15(8-13)22-3/h4-8,18H,9H2,1-3H3. The number of halogens is 1. The first-order chi connectivity index (χ1) is 10.8. The Bertz CT molecular complexity index is 831. The Kier molecular flexibility index (Phi) is 4.91. The van der Waals surface area contributed by atoms with Gasteiger partial charge in [-0.1, -0.05) is 0 Å². The van der Waals surface area contributed by atoms with Crippen LogP contribution in [-0.4, -0.2) is 27.7 Å². The molecule has 7 heteroatoms. The average Bonchev–Trinajstić information content (AvgIpc) is 2.46. The molecule has 0 heterocycles. The third kappa shape index (κ3) is 3.30. The second-order valence-electron chi connectivity index (χ2n) is 4.98. The third-order valence-electron chi connectivity index (χ3n) is 3.35. The summed E-state index contributed by atoms with van der Waals surface area (Å²) >= 11 is 0. The number of sulfone groups is 1. The van der Waals surface area contributed by atoms with E-state index >= 15 is 0 Å². The number of rotatable bonds is 5. The number of hydrogen-bond donors (Lipinski definition) is 1. The molecule has 0 saturated heterocycles. The molecule has 0 fully saturated rings. The van der Waals surface area contributed by atoms with Gasteiger partial charge in [-0.3, -0.25) is 0 Å².